The number of phenols is 1. The Hall–Kier alpha value is -2.07. The minimum absolute atomic E-state index is 0.236. The standard InChI is InChI=1S/C15H17FN2O/c1-18(9-11-2-4-13(16)5-3-11)10-12-8-14(17)6-7-15(12)19/h2-8,19H,9-10,17H2,1H3. The molecule has 0 aliphatic heterocycles. The summed E-state index contributed by atoms with van der Waals surface area (Å²) in [6.07, 6.45) is 0. The van der Waals surface area contributed by atoms with Crippen molar-refractivity contribution in [1.29, 1.82) is 0 Å². The minimum atomic E-state index is -0.236. The summed E-state index contributed by atoms with van der Waals surface area (Å²) in [5, 5.41) is 9.75. The van der Waals surface area contributed by atoms with Gasteiger partial charge in [0.05, 0.1) is 0 Å². The van der Waals surface area contributed by atoms with Crippen molar-refractivity contribution in [2.45, 2.75) is 13.1 Å². The van der Waals surface area contributed by atoms with Crippen LogP contribution in [-0.2, 0) is 13.1 Å². The number of hydrogen-bond donors (Lipinski definition) is 2. The molecule has 0 aliphatic rings. The second kappa shape index (κ2) is 5.71. The van der Waals surface area contributed by atoms with Crippen LogP contribution in [0.3, 0.4) is 0 Å². The van der Waals surface area contributed by atoms with Crippen molar-refractivity contribution in [3.8, 4) is 5.75 Å². The molecule has 0 saturated carbocycles. The second-order valence-electron chi connectivity index (χ2n) is 4.69. The van der Waals surface area contributed by atoms with Crippen molar-refractivity contribution in [3.05, 3.63) is 59.4 Å². The summed E-state index contributed by atoms with van der Waals surface area (Å²) >= 11 is 0. The van der Waals surface area contributed by atoms with E-state index in [2.05, 4.69) is 0 Å². The van der Waals surface area contributed by atoms with E-state index >= 15 is 0 Å². The Kier molecular flexibility index (Phi) is 4.02. The number of rotatable bonds is 4. The summed E-state index contributed by atoms with van der Waals surface area (Å²) in [7, 11) is 1.94. The Balaban J connectivity index is 2.02. The van der Waals surface area contributed by atoms with Crippen LogP contribution in [-0.4, -0.2) is 17.1 Å². The van der Waals surface area contributed by atoms with Gasteiger partial charge >= 0.3 is 0 Å². The highest BCUT2D eigenvalue weighted by Crippen LogP contribution is 2.21. The van der Waals surface area contributed by atoms with Gasteiger partial charge < -0.3 is 10.8 Å². The zero-order valence-electron chi connectivity index (χ0n) is 10.8. The molecule has 2 aromatic rings. The molecule has 2 rings (SSSR count). The van der Waals surface area contributed by atoms with E-state index in [1.54, 1.807) is 30.3 Å². The van der Waals surface area contributed by atoms with Crippen LogP contribution in [0.2, 0.25) is 0 Å². The highest BCUT2D eigenvalue weighted by atomic mass is 19.1. The van der Waals surface area contributed by atoms with Crippen molar-refractivity contribution < 1.29 is 9.50 Å². The quantitative estimate of drug-likeness (QED) is 0.656. The van der Waals surface area contributed by atoms with E-state index in [4.69, 9.17) is 5.73 Å². The predicted octanol–water partition coefficient (Wildman–Crippen LogP) is 2.75. The topological polar surface area (TPSA) is 49.5 Å². The Morgan fingerprint density at radius 3 is 2.47 bits per heavy atom. The lowest BCUT2D eigenvalue weighted by Gasteiger charge is -2.17. The molecule has 0 atom stereocenters. The molecule has 0 unspecified atom stereocenters. The normalized spacial score (nSPS) is 10.9. The molecular weight excluding hydrogens is 243 g/mol. The first kappa shape index (κ1) is 13.4. The van der Waals surface area contributed by atoms with Crippen molar-refractivity contribution >= 4 is 5.69 Å². The average molecular weight is 260 g/mol. The Bertz CT molecular complexity index is 555. The predicted molar refractivity (Wildman–Crippen MR) is 74.1 cm³/mol. The number of anilines is 1. The third kappa shape index (κ3) is 3.69. The highest BCUT2D eigenvalue weighted by Gasteiger charge is 2.06. The molecule has 19 heavy (non-hydrogen) atoms. The zero-order chi connectivity index (χ0) is 13.8. The van der Waals surface area contributed by atoms with Crippen molar-refractivity contribution in [1.82, 2.24) is 4.90 Å². The average Bonchev–Trinajstić information content (AvgIpc) is 2.37. The van der Waals surface area contributed by atoms with Crippen LogP contribution in [0.15, 0.2) is 42.5 Å². The number of halogens is 1. The van der Waals surface area contributed by atoms with Crippen LogP contribution in [0.25, 0.3) is 0 Å². The lowest BCUT2D eigenvalue weighted by Crippen LogP contribution is -2.17. The van der Waals surface area contributed by atoms with Gasteiger partial charge in [0.15, 0.2) is 0 Å². The molecule has 100 valence electrons. The van der Waals surface area contributed by atoms with E-state index in [9.17, 15) is 9.50 Å². The maximum absolute atomic E-state index is 12.8. The maximum Gasteiger partial charge on any atom is 0.123 e. The van der Waals surface area contributed by atoms with Gasteiger partial charge in [-0.1, -0.05) is 12.1 Å². The van der Waals surface area contributed by atoms with E-state index in [1.165, 1.54) is 12.1 Å². The van der Waals surface area contributed by atoms with Crippen molar-refractivity contribution in [3.63, 3.8) is 0 Å². The summed E-state index contributed by atoms with van der Waals surface area (Å²) in [6, 6.07) is 11.4. The molecule has 2 aromatic carbocycles. The highest BCUT2D eigenvalue weighted by molar-refractivity contribution is 5.47. The first-order chi connectivity index (χ1) is 9.04. The molecule has 0 heterocycles. The fourth-order valence-electron chi connectivity index (χ4n) is 1.98. The summed E-state index contributed by atoms with van der Waals surface area (Å²) in [5.74, 6) is 0.0000338. The number of benzene rings is 2. The lowest BCUT2D eigenvalue weighted by atomic mass is 10.1. The molecule has 0 aromatic heterocycles. The smallest absolute Gasteiger partial charge is 0.123 e. The molecule has 0 aliphatic carbocycles. The fraction of sp³-hybridized carbons (Fsp3) is 0.200. The van der Waals surface area contributed by atoms with E-state index in [-0.39, 0.29) is 11.6 Å². The van der Waals surface area contributed by atoms with Gasteiger partial charge in [-0.05, 0) is 42.9 Å². The van der Waals surface area contributed by atoms with Gasteiger partial charge in [-0.3, -0.25) is 4.90 Å². The first-order valence-corrected chi connectivity index (χ1v) is 6.05. The number of aromatic hydroxyl groups is 1. The summed E-state index contributed by atoms with van der Waals surface area (Å²) in [4.78, 5) is 2.03. The lowest BCUT2D eigenvalue weighted by molar-refractivity contribution is 0.312. The maximum atomic E-state index is 12.8. The molecule has 0 bridgehead atoms. The SMILES string of the molecule is CN(Cc1ccc(F)cc1)Cc1cc(N)ccc1O. The van der Waals surface area contributed by atoms with Gasteiger partial charge in [0, 0.05) is 24.3 Å². The van der Waals surface area contributed by atoms with Crippen LogP contribution >= 0.6 is 0 Å². The van der Waals surface area contributed by atoms with Gasteiger partial charge in [0.2, 0.25) is 0 Å². The molecule has 0 saturated heterocycles. The van der Waals surface area contributed by atoms with E-state index in [1.807, 2.05) is 11.9 Å². The molecule has 0 radical (unpaired) electrons. The number of nitrogens with zero attached hydrogens (tertiary/aromatic N) is 1. The number of hydrogen-bond acceptors (Lipinski definition) is 3. The van der Waals surface area contributed by atoms with Crippen molar-refractivity contribution in [2.75, 3.05) is 12.8 Å². The number of nitrogens with two attached hydrogens (primary N) is 1. The van der Waals surface area contributed by atoms with Gasteiger partial charge in [0.1, 0.15) is 11.6 Å². The molecule has 0 spiro atoms. The largest absolute Gasteiger partial charge is 0.508 e. The molecule has 3 nitrogen and oxygen atoms in total. The van der Waals surface area contributed by atoms with Gasteiger partial charge in [-0.2, -0.15) is 0 Å². The summed E-state index contributed by atoms with van der Waals surface area (Å²) < 4.78 is 12.8. The number of nitrogen functional groups attached to an aromatic ring is 1. The third-order valence-corrected chi connectivity index (χ3v) is 2.91. The van der Waals surface area contributed by atoms with Gasteiger partial charge in [0.25, 0.3) is 0 Å². The Morgan fingerprint density at radius 2 is 1.79 bits per heavy atom. The van der Waals surface area contributed by atoms with Crippen LogP contribution in [0.5, 0.6) is 5.75 Å². The van der Waals surface area contributed by atoms with E-state index < -0.39 is 0 Å². The van der Waals surface area contributed by atoms with Crippen LogP contribution in [0, 0.1) is 5.82 Å². The monoisotopic (exact) mass is 260 g/mol. The first-order valence-electron chi connectivity index (χ1n) is 6.05. The minimum Gasteiger partial charge on any atom is -0.508 e. The fourth-order valence-corrected chi connectivity index (χ4v) is 1.98. The van der Waals surface area contributed by atoms with Gasteiger partial charge in [-0.15, -0.1) is 0 Å². The summed E-state index contributed by atoms with van der Waals surface area (Å²) in [5.41, 5.74) is 8.13. The van der Waals surface area contributed by atoms with Crippen LogP contribution < -0.4 is 5.73 Å². The molecule has 4 heteroatoms. The molecule has 0 fully saturated rings. The van der Waals surface area contributed by atoms with Crippen LogP contribution in [0.1, 0.15) is 11.1 Å². The zero-order valence-corrected chi connectivity index (χ0v) is 10.8. The number of phenolic OH excluding ortho intramolecular Hbond substituents is 1. The van der Waals surface area contributed by atoms with Gasteiger partial charge in [-0.25, -0.2) is 4.39 Å². The third-order valence-electron chi connectivity index (χ3n) is 2.91. The Labute approximate surface area is 112 Å². The molecular formula is C15H17FN2O. The van der Waals surface area contributed by atoms with E-state index in [0.29, 0.717) is 18.8 Å². The van der Waals surface area contributed by atoms with E-state index in [0.717, 1.165) is 11.1 Å². The van der Waals surface area contributed by atoms with Crippen LogP contribution in [0.4, 0.5) is 10.1 Å². The second-order valence-corrected chi connectivity index (χ2v) is 4.69. The summed E-state index contributed by atoms with van der Waals surface area (Å²) in [6.45, 7) is 1.25. The Morgan fingerprint density at radius 1 is 1.11 bits per heavy atom. The van der Waals surface area contributed by atoms with Crippen molar-refractivity contribution in [2.24, 2.45) is 0 Å². The molecule has 0 amide bonds. The molecule has 3 N–H and O–H groups in total.